The monoisotopic (exact) mass is 409 g/mol. The summed E-state index contributed by atoms with van der Waals surface area (Å²) in [4.78, 5) is 48.3. The lowest BCUT2D eigenvalue weighted by molar-refractivity contribution is -0.202. The van der Waals surface area contributed by atoms with E-state index in [9.17, 15) is 32.3 Å². The van der Waals surface area contributed by atoms with Crippen molar-refractivity contribution in [2.24, 2.45) is 5.73 Å². The van der Waals surface area contributed by atoms with Gasteiger partial charge >= 0.3 is 18.1 Å². The Kier molecular flexibility index (Phi) is 7.97. The van der Waals surface area contributed by atoms with E-state index in [1.807, 2.05) is 6.92 Å². The molecule has 0 bridgehead atoms. The van der Waals surface area contributed by atoms with Crippen LogP contribution >= 0.6 is 0 Å². The van der Waals surface area contributed by atoms with Gasteiger partial charge in [-0.2, -0.15) is 13.2 Å². The van der Waals surface area contributed by atoms with Crippen molar-refractivity contribution in [3.8, 4) is 0 Å². The maximum Gasteiger partial charge on any atom is 0.491 e. The Bertz CT molecular complexity index is 665. The zero-order valence-electron chi connectivity index (χ0n) is 15.5. The highest BCUT2D eigenvalue weighted by molar-refractivity contribution is 5.97. The summed E-state index contributed by atoms with van der Waals surface area (Å²) in [6, 6.07) is -2.23. The van der Waals surface area contributed by atoms with Crippen LogP contribution in [0.1, 0.15) is 27.2 Å². The molecule has 2 amide bonds. The minimum atomic E-state index is -5.39. The number of hydrogen-bond acceptors (Lipinski definition) is 7. The Hall–Kier alpha value is -2.63. The molecule has 3 atom stereocenters. The number of likely N-dealkylation sites (N-methyl/N-ethyl adjacent to an activating group) is 1. The number of alkyl halides is 3. The molecular weight excluding hydrogens is 387 g/mol. The molecule has 28 heavy (non-hydrogen) atoms. The second-order valence-corrected chi connectivity index (χ2v) is 5.97. The van der Waals surface area contributed by atoms with E-state index < -0.39 is 53.9 Å². The van der Waals surface area contributed by atoms with E-state index in [2.05, 4.69) is 10.1 Å². The van der Waals surface area contributed by atoms with Gasteiger partial charge in [0.15, 0.2) is 6.10 Å². The lowest BCUT2D eigenvalue weighted by atomic mass is 9.97. The number of nitrogens with two attached hydrogens (primary N) is 1. The fourth-order valence-corrected chi connectivity index (χ4v) is 2.52. The van der Waals surface area contributed by atoms with E-state index in [-0.39, 0.29) is 6.54 Å². The average Bonchev–Trinajstić information content (AvgIpc) is 2.59. The molecule has 158 valence electrons. The Morgan fingerprint density at radius 2 is 1.89 bits per heavy atom. The number of nitrogens with zero attached hydrogens (tertiary/aromatic N) is 1. The summed E-state index contributed by atoms with van der Waals surface area (Å²) in [5.74, 6) is -6.46. The maximum absolute atomic E-state index is 12.8. The van der Waals surface area contributed by atoms with Gasteiger partial charge in [-0.25, -0.2) is 9.59 Å². The second-order valence-electron chi connectivity index (χ2n) is 5.97. The van der Waals surface area contributed by atoms with Gasteiger partial charge in [-0.3, -0.25) is 9.59 Å². The molecule has 0 unspecified atom stereocenters. The number of hydrogen-bond donors (Lipinski definition) is 2. The lowest BCUT2D eigenvalue weighted by Gasteiger charge is -2.36. The zero-order chi connectivity index (χ0) is 21.6. The molecule has 0 aromatic rings. The molecule has 9 nitrogen and oxygen atoms in total. The van der Waals surface area contributed by atoms with Crippen LogP contribution in [0.15, 0.2) is 11.8 Å². The van der Waals surface area contributed by atoms with Crippen LogP contribution in [0, 0.1) is 0 Å². The number of carbonyl (C=O) groups excluding carboxylic acids is 4. The molecule has 3 N–H and O–H groups in total. The summed E-state index contributed by atoms with van der Waals surface area (Å²) >= 11 is 0. The van der Waals surface area contributed by atoms with Crippen LogP contribution in [0.5, 0.6) is 0 Å². The first-order chi connectivity index (χ1) is 12.9. The molecule has 0 saturated carbocycles. The Balaban J connectivity index is 3.14. The number of esters is 2. The highest BCUT2D eigenvalue weighted by atomic mass is 19.4. The normalized spacial score (nSPS) is 21.8. The van der Waals surface area contributed by atoms with Gasteiger partial charge in [0.2, 0.25) is 11.7 Å². The SMILES string of the molecule is CCCN(CC)C(=O)[C@@H]1OC(C(=O)OC(=O)C(F)(F)F)=C[C@H](N)[C@H]1NC(C)=O. The van der Waals surface area contributed by atoms with E-state index in [0.29, 0.717) is 13.0 Å². The molecule has 0 radical (unpaired) electrons. The number of rotatable bonds is 6. The van der Waals surface area contributed by atoms with Crippen LogP contribution in [0.25, 0.3) is 0 Å². The van der Waals surface area contributed by atoms with E-state index in [0.717, 1.165) is 6.08 Å². The van der Waals surface area contributed by atoms with Crippen LogP contribution < -0.4 is 11.1 Å². The molecule has 0 spiro atoms. The smallest absolute Gasteiger partial charge is 0.471 e. The van der Waals surface area contributed by atoms with Crippen molar-refractivity contribution in [1.29, 1.82) is 0 Å². The predicted octanol–water partition coefficient (Wildman–Crippen LogP) is -0.00830. The Morgan fingerprint density at radius 1 is 1.29 bits per heavy atom. The third kappa shape index (κ3) is 5.94. The first-order valence-corrected chi connectivity index (χ1v) is 8.45. The van der Waals surface area contributed by atoms with Crippen molar-refractivity contribution in [3.05, 3.63) is 11.8 Å². The average molecular weight is 409 g/mol. The summed E-state index contributed by atoms with van der Waals surface area (Å²) in [5, 5.41) is 2.43. The van der Waals surface area contributed by atoms with Crippen LogP contribution in [0.3, 0.4) is 0 Å². The number of nitrogens with one attached hydrogen (secondary N) is 1. The highest BCUT2D eigenvalue weighted by Gasteiger charge is 2.46. The molecule has 12 heteroatoms. The van der Waals surface area contributed by atoms with Gasteiger partial charge in [-0.15, -0.1) is 0 Å². The van der Waals surface area contributed by atoms with Crippen LogP contribution in [-0.2, 0) is 28.7 Å². The number of ether oxygens (including phenoxy) is 2. The van der Waals surface area contributed by atoms with Crippen LogP contribution in [-0.4, -0.2) is 66.1 Å². The van der Waals surface area contributed by atoms with E-state index in [1.54, 1.807) is 6.92 Å². The fourth-order valence-electron chi connectivity index (χ4n) is 2.52. The van der Waals surface area contributed by atoms with Gasteiger partial charge in [0, 0.05) is 20.0 Å². The zero-order valence-corrected chi connectivity index (χ0v) is 15.5. The van der Waals surface area contributed by atoms with Crippen molar-refractivity contribution in [2.75, 3.05) is 13.1 Å². The van der Waals surface area contributed by atoms with Gasteiger partial charge in [-0.1, -0.05) is 6.92 Å². The molecule has 0 aromatic carbocycles. The fraction of sp³-hybridized carbons (Fsp3) is 0.625. The third-order valence-corrected chi connectivity index (χ3v) is 3.76. The molecule has 0 aliphatic carbocycles. The number of amides is 2. The van der Waals surface area contributed by atoms with Crippen molar-refractivity contribution in [3.63, 3.8) is 0 Å². The molecule has 1 aliphatic rings. The second kappa shape index (κ2) is 9.53. The van der Waals surface area contributed by atoms with E-state index >= 15 is 0 Å². The molecule has 0 fully saturated rings. The Labute approximate surface area is 159 Å². The first-order valence-electron chi connectivity index (χ1n) is 8.45. The first kappa shape index (κ1) is 23.4. The van der Waals surface area contributed by atoms with Crippen LogP contribution in [0.4, 0.5) is 13.2 Å². The molecule has 1 rings (SSSR count). The molecule has 1 aliphatic heterocycles. The van der Waals surface area contributed by atoms with Crippen molar-refractivity contribution in [2.45, 2.75) is 51.6 Å². The molecule has 0 aromatic heterocycles. The summed E-state index contributed by atoms with van der Waals surface area (Å²) in [7, 11) is 0. The maximum atomic E-state index is 12.8. The predicted molar refractivity (Wildman–Crippen MR) is 88.2 cm³/mol. The summed E-state index contributed by atoms with van der Waals surface area (Å²) in [6.07, 6.45) is -5.39. The quantitative estimate of drug-likeness (QED) is 0.466. The minimum absolute atomic E-state index is 0.282. The van der Waals surface area contributed by atoms with Crippen molar-refractivity contribution < 1.29 is 41.8 Å². The molecule has 0 saturated heterocycles. The highest BCUT2D eigenvalue weighted by Crippen LogP contribution is 2.23. The van der Waals surface area contributed by atoms with Gasteiger partial charge in [-0.05, 0) is 19.4 Å². The van der Waals surface area contributed by atoms with Gasteiger partial charge in [0.1, 0.15) is 0 Å². The standard InChI is InChI=1S/C16H22F3N3O6/c1-4-6-22(5-2)13(24)12-11(21-8(3)23)9(20)7-10(27-12)14(25)28-15(26)16(17,18)19/h7,9,11-12H,4-6,20H2,1-3H3,(H,21,23)/t9-,11+,12+/m0/s1. The van der Waals surface area contributed by atoms with Gasteiger partial charge < -0.3 is 25.4 Å². The van der Waals surface area contributed by atoms with Gasteiger partial charge in [0.25, 0.3) is 5.91 Å². The lowest BCUT2D eigenvalue weighted by Crippen LogP contribution is -2.61. The number of carbonyl (C=O) groups is 4. The summed E-state index contributed by atoms with van der Waals surface area (Å²) in [6.45, 7) is 5.31. The largest absolute Gasteiger partial charge is 0.491 e. The third-order valence-electron chi connectivity index (χ3n) is 3.76. The topological polar surface area (TPSA) is 128 Å². The van der Waals surface area contributed by atoms with E-state index in [1.165, 1.54) is 11.8 Å². The van der Waals surface area contributed by atoms with Gasteiger partial charge in [0.05, 0.1) is 12.1 Å². The van der Waals surface area contributed by atoms with Crippen molar-refractivity contribution in [1.82, 2.24) is 10.2 Å². The van der Waals surface area contributed by atoms with E-state index in [4.69, 9.17) is 10.5 Å². The number of halogens is 3. The Morgan fingerprint density at radius 3 is 2.36 bits per heavy atom. The summed E-state index contributed by atoms with van der Waals surface area (Å²) in [5.41, 5.74) is 5.86. The minimum Gasteiger partial charge on any atom is -0.471 e. The molecular formula is C16H22F3N3O6. The van der Waals surface area contributed by atoms with Crippen molar-refractivity contribution >= 4 is 23.8 Å². The summed E-state index contributed by atoms with van der Waals surface area (Å²) < 4.78 is 45.8. The van der Waals surface area contributed by atoms with Crippen LogP contribution in [0.2, 0.25) is 0 Å². The molecule has 1 heterocycles.